The van der Waals surface area contributed by atoms with Crippen LogP contribution < -0.4 is 0 Å². The Morgan fingerprint density at radius 3 is 2.00 bits per heavy atom. The summed E-state index contributed by atoms with van der Waals surface area (Å²) < 4.78 is 0. The zero-order valence-corrected chi connectivity index (χ0v) is 8.44. The minimum absolute atomic E-state index is 0. The van der Waals surface area contributed by atoms with E-state index >= 15 is 0 Å². The first kappa shape index (κ1) is 17.5. The van der Waals surface area contributed by atoms with Crippen molar-refractivity contribution >= 4 is 22.0 Å². The molecule has 1 aliphatic rings. The fourth-order valence-corrected chi connectivity index (χ4v) is 0.401. The van der Waals surface area contributed by atoms with E-state index in [-0.39, 0.29) is 33.9 Å². The third kappa shape index (κ3) is 16.2. The summed E-state index contributed by atoms with van der Waals surface area (Å²) in [5, 5.41) is 0. The summed E-state index contributed by atoms with van der Waals surface area (Å²) in [5.74, 6) is 0. The van der Waals surface area contributed by atoms with Crippen LogP contribution in [-0.4, -0.2) is 9.57 Å². The van der Waals surface area contributed by atoms with Gasteiger partial charge in [-0.05, 0) is 0 Å². The van der Waals surface area contributed by atoms with Crippen molar-refractivity contribution in [1.29, 1.82) is 0 Å². The van der Waals surface area contributed by atoms with Crippen LogP contribution in [0.25, 0.3) is 0 Å². The average Bonchev–Trinajstić information content (AvgIpc) is 2.44. The van der Waals surface area contributed by atoms with Crippen molar-refractivity contribution in [2.45, 2.75) is 6.42 Å². The Hall–Kier alpha value is -0.551. The van der Waals surface area contributed by atoms with Gasteiger partial charge in [0.05, 0.1) is 0 Å². The summed E-state index contributed by atoms with van der Waals surface area (Å²) in [6.07, 6.45) is 10.0. The Morgan fingerprint density at radius 1 is 1.33 bits per heavy atom. The van der Waals surface area contributed by atoms with Crippen LogP contribution in [0.1, 0.15) is 6.42 Å². The molecule has 2 nitrogen and oxygen atoms in total. The molecule has 0 aromatic heterocycles. The molecule has 0 saturated carbocycles. The van der Waals surface area contributed by atoms with E-state index in [1.54, 1.807) is 0 Å². The Morgan fingerprint density at radius 2 is 1.92 bits per heavy atom. The number of rotatable bonds is 0. The monoisotopic (exact) mass is 228 g/mol. The average molecular weight is 228 g/mol. The maximum Gasteiger partial charge on any atom is -0.109 e. The van der Waals surface area contributed by atoms with Crippen molar-refractivity contribution in [3.8, 4) is 0 Å². The van der Waals surface area contributed by atoms with Crippen LogP contribution in [0.3, 0.4) is 0 Å². The summed E-state index contributed by atoms with van der Waals surface area (Å²) >= 11 is -0.222. The van der Waals surface area contributed by atoms with Gasteiger partial charge in [0.15, 0.2) is 0 Å². The van der Waals surface area contributed by atoms with Gasteiger partial charge in [-0.25, -0.2) is 12.2 Å². The molecule has 4 heteroatoms. The van der Waals surface area contributed by atoms with Crippen molar-refractivity contribution in [3.05, 3.63) is 31.7 Å². The fraction of sp³-hybridized carbons (Fsp3) is 0.125. The first-order chi connectivity index (χ1) is 4.91. The van der Waals surface area contributed by atoms with Crippen molar-refractivity contribution in [2.24, 2.45) is 0 Å². The minimum atomic E-state index is -0.222. The number of hydrogen-bond donors (Lipinski definition) is 0. The van der Waals surface area contributed by atoms with E-state index in [1.807, 2.05) is 12.2 Å². The number of hydrogen-bond acceptors (Lipinski definition) is 2. The zero-order valence-electron chi connectivity index (χ0n) is 6.52. The van der Waals surface area contributed by atoms with Crippen molar-refractivity contribution in [2.75, 3.05) is 0 Å². The third-order valence-corrected chi connectivity index (χ3v) is 0.883. The molecule has 0 aliphatic heterocycles. The molecule has 0 radical (unpaired) electrons. The molecule has 0 aromatic rings. The number of allylic oxidation sites excluding steroid dienone is 4. The van der Waals surface area contributed by atoms with Gasteiger partial charge in [-0.15, -0.1) is 18.8 Å². The number of carbonyl (C=O) groups excluding carboxylic acids is 2. The van der Waals surface area contributed by atoms with E-state index in [0.29, 0.717) is 0 Å². The van der Waals surface area contributed by atoms with Crippen LogP contribution in [-0.2, 0) is 23.7 Å². The normalized spacial score (nSPS) is 9.33. The van der Waals surface area contributed by atoms with E-state index in [9.17, 15) is 0 Å². The molecule has 12 heavy (non-hydrogen) atoms. The molecule has 1 aliphatic carbocycles. The van der Waals surface area contributed by atoms with Crippen LogP contribution in [0, 0.1) is 13.5 Å². The summed E-state index contributed by atoms with van der Waals surface area (Å²) in [7, 11) is 0. The predicted molar refractivity (Wildman–Crippen MR) is 46.6 cm³/mol. The topological polar surface area (TPSA) is 34.1 Å². The van der Waals surface area contributed by atoms with Crippen LogP contribution in [0.15, 0.2) is 18.2 Å². The van der Waals surface area contributed by atoms with Crippen LogP contribution in [0.4, 0.5) is 0 Å². The van der Waals surface area contributed by atoms with Crippen LogP contribution >= 0.6 is 12.4 Å². The number of halogens is 1. The van der Waals surface area contributed by atoms with E-state index in [1.165, 1.54) is 9.57 Å². The Labute approximate surface area is 84.0 Å². The second-order valence-electron chi connectivity index (χ2n) is 1.24. The van der Waals surface area contributed by atoms with E-state index < -0.39 is 0 Å². The van der Waals surface area contributed by atoms with Gasteiger partial charge in [-0.1, -0.05) is 0 Å². The molecule has 1 rings (SSSR count). The van der Waals surface area contributed by atoms with Gasteiger partial charge < -0.3 is 7.43 Å². The molecular weight excluding hydrogens is 219 g/mol. The standard InChI is InChI=1S/C5H5.2CO.CH3.ClH.Fe/c1-2-4-5-3-1;2*1-2;;;/h1-3H,4H2;;;1H3;1H;/q-1;;;-1;;. The molecule has 0 amide bonds. The molecule has 0 aromatic carbocycles. The van der Waals surface area contributed by atoms with Gasteiger partial charge in [-0.2, -0.15) is 6.08 Å². The summed E-state index contributed by atoms with van der Waals surface area (Å²) in [4.78, 5) is 20.7. The first-order valence-electron chi connectivity index (χ1n) is 2.48. The Bertz CT molecular complexity index is 220. The van der Waals surface area contributed by atoms with Gasteiger partial charge in [0.25, 0.3) is 0 Å². The molecule has 0 saturated heterocycles. The van der Waals surface area contributed by atoms with Crippen LogP contribution in [0.5, 0.6) is 0 Å². The molecule has 0 spiro atoms. The smallest absolute Gasteiger partial charge is 0.109 e. The van der Waals surface area contributed by atoms with E-state index in [0.717, 1.165) is 6.42 Å². The maximum absolute atomic E-state index is 9.02. The molecule has 0 fully saturated rings. The summed E-state index contributed by atoms with van der Waals surface area (Å²) in [6.45, 7) is 0. The maximum atomic E-state index is 9.02. The van der Waals surface area contributed by atoms with Gasteiger partial charge >= 0.3 is 33.2 Å². The first-order valence-corrected chi connectivity index (χ1v) is 3.58. The molecule has 70 valence electrons. The van der Waals surface area contributed by atoms with E-state index in [4.69, 9.17) is 9.59 Å². The fourth-order valence-electron chi connectivity index (χ4n) is 0.355. The van der Waals surface area contributed by atoms with Gasteiger partial charge in [0, 0.05) is 0 Å². The van der Waals surface area contributed by atoms with Gasteiger partial charge in [0.1, 0.15) is 0 Å². The molecule has 0 heterocycles. The molecule has 0 atom stereocenters. The van der Waals surface area contributed by atoms with Crippen molar-refractivity contribution in [1.82, 2.24) is 0 Å². The molecular formula is C8H9ClFeO2-2. The SMILES string of the molecule is Cl.O=[C]=[Fe]=[C]=O.[C-]1=CC=CC1.[CH3-]. The second kappa shape index (κ2) is 16.8. The minimum Gasteiger partial charge on any atom is -0.358 e. The summed E-state index contributed by atoms with van der Waals surface area (Å²) in [5.41, 5.74) is 0. The van der Waals surface area contributed by atoms with Crippen LogP contribution in [0.2, 0.25) is 0 Å². The Kier molecular flexibility index (Phi) is 24.5. The van der Waals surface area contributed by atoms with Crippen molar-refractivity contribution in [3.63, 3.8) is 0 Å². The predicted octanol–water partition coefficient (Wildman–Crippen LogP) is 1.38. The molecule has 0 N–H and O–H groups in total. The van der Waals surface area contributed by atoms with Crippen molar-refractivity contribution < 1.29 is 23.7 Å². The summed E-state index contributed by atoms with van der Waals surface area (Å²) in [6, 6.07) is 0. The molecule has 0 bridgehead atoms. The largest absolute Gasteiger partial charge is 0.358 e. The zero-order chi connectivity index (χ0) is 7.66. The van der Waals surface area contributed by atoms with Gasteiger partial charge in [-0.3, -0.25) is 6.08 Å². The van der Waals surface area contributed by atoms with E-state index in [2.05, 4.69) is 12.2 Å². The quantitative estimate of drug-likeness (QED) is 0.464. The van der Waals surface area contributed by atoms with Gasteiger partial charge in [0.2, 0.25) is 0 Å². The molecule has 0 unspecified atom stereocenters. The Balaban J connectivity index is -0.000000116. The second-order valence-corrected chi connectivity index (χ2v) is 1.96. The third-order valence-electron chi connectivity index (χ3n) is 0.658.